The van der Waals surface area contributed by atoms with Crippen LogP contribution in [0.15, 0.2) is 0 Å². The van der Waals surface area contributed by atoms with Crippen LogP contribution in [0.1, 0.15) is 0 Å². The van der Waals surface area contributed by atoms with E-state index in [-0.39, 0.29) is 27.1 Å². The van der Waals surface area contributed by atoms with Crippen LogP contribution in [0.3, 0.4) is 0 Å². The van der Waals surface area contributed by atoms with Crippen molar-refractivity contribution < 1.29 is 44.6 Å². The van der Waals surface area contributed by atoms with Gasteiger partial charge in [0, 0.05) is 22.4 Å². The van der Waals surface area contributed by atoms with Crippen molar-refractivity contribution in [1.82, 2.24) is 0 Å². The molecule has 0 aliphatic heterocycles. The van der Waals surface area contributed by atoms with Crippen molar-refractivity contribution in [2.75, 3.05) is 0 Å². The molecule has 0 unspecified atom stereocenters. The summed E-state index contributed by atoms with van der Waals surface area (Å²) in [5.41, 5.74) is 0. The maximum atomic E-state index is 8.74. The maximum Gasteiger partial charge on any atom is 0.394 e. The van der Waals surface area contributed by atoms with Crippen molar-refractivity contribution in [3.05, 3.63) is 0 Å². The van der Waals surface area contributed by atoms with E-state index in [1.165, 1.54) is 0 Å². The molecular weight excluding hydrogens is 223 g/mol. The van der Waals surface area contributed by atoms with Gasteiger partial charge in [0.1, 0.15) is 0 Å². The molecule has 0 heterocycles. The van der Waals surface area contributed by atoms with Gasteiger partial charge in [0.2, 0.25) is 0 Å². The smallest absolute Gasteiger partial charge is 0.269 e. The summed E-state index contributed by atoms with van der Waals surface area (Å²) in [5, 5.41) is 0. The van der Waals surface area contributed by atoms with E-state index in [4.69, 9.17) is 17.5 Å². The van der Waals surface area contributed by atoms with Crippen LogP contribution >= 0.6 is 0 Å². The maximum absolute atomic E-state index is 8.74. The molecule has 0 amide bonds. The fourth-order valence-corrected chi connectivity index (χ4v) is 0. The number of halogens is 1. The Hall–Kier alpha value is 0.540. The number of rotatable bonds is 0. The molecule has 0 aromatic rings. The predicted molar refractivity (Wildman–Crippen MR) is 16.7 cm³/mol. The van der Waals surface area contributed by atoms with E-state index in [0.717, 1.165) is 0 Å². The Bertz CT molecular complexity index is 94.9. The van der Waals surface area contributed by atoms with Gasteiger partial charge >= 0.3 is 10.4 Å². The molecule has 0 saturated heterocycles. The van der Waals surface area contributed by atoms with Crippen LogP contribution in [0.2, 0.25) is 0 Å². The molecule has 0 saturated carbocycles. The van der Waals surface area contributed by atoms with Crippen LogP contribution < -0.4 is 0 Å². The van der Waals surface area contributed by atoms with E-state index >= 15 is 0 Å². The van der Waals surface area contributed by atoms with Gasteiger partial charge in [-0.1, -0.05) is 0 Å². The third kappa shape index (κ3) is 462. The second-order valence-corrected chi connectivity index (χ2v) is 1.34. The van der Waals surface area contributed by atoms with Gasteiger partial charge in [-0.25, -0.2) is 0 Å². The summed E-state index contributed by atoms with van der Waals surface area (Å²) in [4.78, 5) is 0. The van der Waals surface area contributed by atoms with E-state index in [2.05, 4.69) is 0 Å². The standard InChI is InChI=1S/Ag.FH.H2O4S/c;;1-5(2,3)4/h;1H;(H2,1,2,3,4). The summed E-state index contributed by atoms with van der Waals surface area (Å²) < 4.78 is 31.6. The summed E-state index contributed by atoms with van der Waals surface area (Å²) in [6.07, 6.45) is 0. The summed E-state index contributed by atoms with van der Waals surface area (Å²) in [7, 11) is -4.67. The van der Waals surface area contributed by atoms with Crippen molar-refractivity contribution in [3.63, 3.8) is 0 Å². The van der Waals surface area contributed by atoms with Crippen LogP contribution in [0.4, 0.5) is 4.70 Å². The fraction of sp³-hybridized carbons (Fsp3) is 0. The fourth-order valence-electron chi connectivity index (χ4n) is 0. The van der Waals surface area contributed by atoms with Crippen LogP contribution in [-0.2, 0) is 32.8 Å². The molecule has 2 N–H and O–H groups in total. The third-order valence-electron chi connectivity index (χ3n) is 0. The molecule has 0 aliphatic rings. The largest absolute Gasteiger partial charge is 0.394 e. The minimum atomic E-state index is -4.67. The van der Waals surface area contributed by atoms with Gasteiger partial charge in [-0.05, 0) is 0 Å². The molecule has 0 rings (SSSR count). The molecule has 7 heavy (non-hydrogen) atoms. The topological polar surface area (TPSA) is 74.6 Å². The first kappa shape index (κ1) is 15.6. The van der Waals surface area contributed by atoms with E-state index in [9.17, 15) is 0 Å². The first-order valence-corrected chi connectivity index (χ1v) is 2.10. The van der Waals surface area contributed by atoms with Crippen molar-refractivity contribution in [2.24, 2.45) is 0 Å². The van der Waals surface area contributed by atoms with Gasteiger partial charge in [0.05, 0.1) is 0 Å². The molecule has 7 heteroatoms. The normalized spacial score (nSPS) is 8.29. The molecule has 1 radical (unpaired) electrons. The SMILES string of the molecule is F.O=S(=O)(O)O.[Ag]. The van der Waals surface area contributed by atoms with Gasteiger partial charge in [0.25, 0.3) is 0 Å². The zero-order valence-electron chi connectivity index (χ0n) is 2.83. The van der Waals surface area contributed by atoms with Crippen molar-refractivity contribution in [3.8, 4) is 0 Å². The summed E-state index contributed by atoms with van der Waals surface area (Å²) in [5.74, 6) is 0. The van der Waals surface area contributed by atoms with Gasteiger partial charge in [-0.2, -0.15) is 8.42 Å². The van der Waals surface area contributed by atoms with Crippen LogP contribution in [0.5, 0.6) is 0 Å². The van der Waals surface area contributed by atoms with Gasteiger partial charge in [-0.15, -0.1) is 0 Å². The van der Waals surface area contributed by atoms with Crippen LogP contribution in [0, 0.1) is 0 Å². The van der Waals surface area contributed by atoms with Crippen molar-refractivity contribution >= 4 is 10.4 Å². The van der Waals surface area contributed by atoms with Gasteiger partial charge < -0.3 is 0 Å². The zero-order chi connectivity index (χ0) is 4.50. The number of hydrogen-bond donors (Lipinski definition) is 2. The first-order valence-electron chi connectivity index (χ1n) is 0.698. The third-order valence-corrected chi connectivity index (χ3v) is 0. The molecule has 0 atom stereocenters. The van der Waals surface area contributed by atoms with Crippen molar-refractivity contribution in [2.45, 2.75) is 0 Å². The van der Waals surface area contributed by atoms with E-state index in [1.807, 2.05) is 0 Å². The first-order chi connectivity index (χ1) is 2.00. The Kier molecular flexibility index (Phi) is 10.5. The Balaban J connectivity index is -0.0000000800. The molecule has 0 spiro atoms. The van der Waals surface area contributed by atoms with Crippen LogP contribution in [0.25, 0.3) is 0 Å². The minimum Gasteiger partial charge on any atom is -0.269 e. The summed E-state index contributed by atoms with van der Waals surface area (Å²) >= 11 is 0. The second-order valence-electron chi connectivity index (χ2n) is 0.448. The van der Waals surface area contributed by atoms with Crippen LogP contribution in [-0.4, -0.2) is 17.5 Å². The monoisotopic (exact) mass is 225 g/mol. The van der Waals surface area contributed by atoms with E-state index in [1.54, 1.807) is 0 Å². The summed E-state index contributed by atoms with van der Waals surface area (Å²) in [6.45, 7) is 0. The number of hydrogen-bond acceptors (Lipinski definition) is 2. The van der Waals surface area contributed by atoms with E-state index < -0.39 is 10.4 Å². The summed E-state index contributed by atoms with van der Waals surface area (Å²) in [6, 6.07) is 0. The Morgan fingerprint density at radius 2 is 1.14 bits per heavy atom. The average molecular weight is 226 g/mol. The predicted octanol–water partition coefficient (Wildman–Crippen LogP) is -0.503. The molecule has 4 nitrogen and oxygen atoms in total. The van der Waals surface area contributed by atoms with Gasteiger partial charge in [-0.3, -0.25) is 13.8 Å². The quantitative estimate of drug-likeness (QED) is 0.431. The molecule has 0 fully saturated rings. The average Bonchev–Trinajstić information content (AvgIpc) is 0.722. The Morgan fingerprint density at radius 3 is 1.14 bits per heavy atom. The minimum absolute atomic E-state index is 0. The zero-order valence-corrected chi connectivity index (χ0v) is 5.13. The molecule has 0 aromatic carbocycles. The second kappa shape index (κ2) is 4.69. The Labute approximate surface area is 55.4 Å². The van der Waals surface area contributed by atoms with Gasteiger partial charge in [0.15, 0.2) is 0 Å². The van der Waals surface area contributed by atoms with Crippen molar-refractivity contribution in [1.29, 1.82) is 0 Å². The van der Waals surface area contributed by atoms with E-state index in [0.29, 0.717) is 0 Å². The molecular formula is H3AgFO4S. The molecule has 0 bridgehead atoms. The molecule has 0 aliphatic carbocycles. The molecule has 0 aromatic heterocycles. The molecule has 51 valence electrons. The Morgan fingerprint density at radius 1 is 1.14 bits per heavy atom.